The van der Waals surface area contributed by atoms with Crippen molar-refractivity contribution < 1.29 is 29.2 Å². The Balaban J connectivity index is 2.78. The number of rotatable bonds is 0. The molecule has 0 spiro atoms. The first-order valence-electron chi connectivity index (χ1n) is 1.00. The molecule has 6 heavy (non-hydrogen) atoms. The van der Waals surface area contributed by atoms with E-state index in [-0.39, 0.29) is 0 Å². The predicted octanol–water partition coefficient (Wildman–Crippen LogP) is 0.271. The van der Waals surface area contributed by atoms with Gasteiger partial charge >= 0.3 is 41.5 Å². The van der Waals surface area contributed by atoms with E-state index >= 15 is 0 Å². The van der Waals surface area contributed by atoms with Crippen molar-refractivity contribution >= 4 is 12.3 Å². The van der Waals surface area contributed by atoms with Gasteiger partial charge in [-0.05, 0) is 0 Å². The molecule has 0 unspecified atom stereocenters. The predicted molar refractivity (Wildman–Crippen MR) is 11.1 cm³/mol. The van der Waals surface area contributed by atoms with Gasteiger partial charge in [0.05, 0.1) is 0 Å². The Morgan fingerprint density at radius 3 is 1.67 bits per heavy atom. The van der Waals surface area contributed by atoms with Crippen LogP contribution in [0.2, 0.25) is 0 Å². The van der Waals surface area contributed by atoms with Gasteiger partial charge < -0.3 is 0 Å². The molecule has 0 N–H and O–H groups in total. The van der Waals surface area contributed by atoms with Gasteiger partial charge in [-0.2, -0.15) is 0 Å². The van der Waals surface area contributed by atoms with Crippen molar-refractivity contribution in [2.75, 3.05) is 0 Å². The molecular formula is O4SW. The van der Waals surface area contributed by atoms with E-state index in [4.69, 9.17) is 0 Å². The Kier molecular flexibility index (Phi) is 0.993. The molecule has 36 valence electrons. The Bertz CT molecular complexity index is 122. The second-order valence-corrected chi connectivity index (χ2v) is 6.89. The molecular weight excluding hydrogens is 280 g/mol. The fourth-order valence-corrected chi connectivity index (χ4v) is 1.80. The van der Waals surface area contributed by atoms with Gasteiger partial charge in [-0.15, -0.1) is 0 Å². The van der Waals surface area contributed by atoms with Crippen LogP contribution in [-0.2, 0) is 29.2 Å². The maximum absolute atomic E-state index is 9.75. The second-order valence-electron chi connectivity index (χ2n) is 0.612. The van der Waals surface area contributed by atoms with E-state index in [1.807, 2.05) is 0 Å². The van der Waals surface area contributed by atoms with Gasteiger partial charge in [0.1, 0.15) is 0 Å². The molecule has 4 nitrogen and oxygen atoms in total. The summed E-state index contributed by atoms with van der Waals surface area (Å²) in [6, 6.07) is 0. The maximum atomic E-state index is 9.75. The van der Waals surface area contributed by atoms with Crippen molar-refractivity contribution in [1.29, 1.82) is 0 Å². The molecule has 1 aliphatic rings. The molecule has 0 saturated carbocycles. The third-order valence-corrected chi connectivity index (χ3v) is 5.46. The van der Waals surface area contributed by atoms with Gasteiger partial charge in [0.15, 0.2) is 0 Å². The van der Waals surface area contributed by atoms with Crippen LogP contribution >= 0.6 is 12.3 Å². The van der Waals surface area contributed by atoms with Gasteiger partial charge in [0.25, 0.3) is 0 Å². The van der Waals surface area contributed by atoms with Crippen molar-refractivity contribution in [3.05, 3.63) is 0 Å². The van der Waals surface area contributed by atoms with Crippen LogP contribution in [0.15, 0.2) is 0 Å². The van der Waals surface area contributed by atoms with Gasteiger partial charge in [-0.25, -0.2) is 0 Å². The normalized spacial score (nSPS) is 28.7. The summed E-state index contributed by atoms with van der Waals surface area (Å²) in [7, 11) is 0. The molecule has 1 aliphatic heterocycles. The summed E-state index contributed by atoms with van der Waals surface area (Å²) < 4.78 is 27.3. The van der Waals surface area contributed by atoms with E-state index < -0.39 is 16.7 Å². The van der Waals surface area contributed by atoms with E-state index in [2.05, 4.69) is 5.67 Å². The van der Waals surface area contributed by atoms with E-state index in [1.54, 1.807) is 0 Å². The summed E-state index contributed by atoms with van der Waals surface area (Å²) in [6.45, 7) is 0. The van der Waals surface area contributed by atoms with E-state index in [0.29, 0.717) is 12.3 Å². The Hall–Kier alpha value is 0.558. The minimum atomic E-state index is -4.57. The second kappa shape index (κ2) is 1.26. The fraction of sp³-hybridized carbons (Fsp3) is 0. The average Bonchev–Trinajstić information content (AvgIpc) is 1.32. The average molecular weight is 280 g/mol. The zero-order chi connectivity index (χ0) is 4.62. The zero-order valence-electron chi connectivity index (χ0n) is 2.45. The molecule has 0 amide bonds. The first kappa shape index (κ1) is 4.71. The van der Waals surface area contributed by atoms with Crippen molar-refractivity contribution in [1.82, 2.24) is 0 Å². The summed E-state index contributed by atoms with van der Waals surface area (Å²) in [5, 5.41) is 0. The van der Waals surface area contributed by atoms with E-state index in [9.17, 15) is 6.80 Å². The van der Waals surface area contributed by atoms with Crippen LogP contribution in [-0.4, -0.2) is 0 Å². The van der Waals surface area contributed by atoms with Crippen molar-refractivity contribution in [2.24, 2.45) is 0 Å². The molecule has 0 aromatic carbocycles. The molecule has 6 heteroatoms. The topological polar surface area (TPSA) is 52.6 Å². The molecule has 1 heterocycles. The summed E-state index contributed by atoms with van der Waals surface area (Å²) in [6.07, 6.45) is 0. The molecule has 1 fully saturated rings. The van der Waals surface area contributed by atoms with Crippen LogP contribution in [0.1, 0.15) is 0 Å². The number of hydrogen-bond donors (Lipinski definition) is 0. The third-order valence-electron chi connectivity index (χ3n) is 0.222. The Labute approximate surface area is 41.9 Å². The van der Waals surface area contributed by atoms with Crippen molar-refractivity contribution in [2.45, 2.75) is 0 Å². The third kappa shape index (κ3) is 0.788. The zero-order valence-corrected chi connectivity index (χ0v) is 6.20. The van der Waals surface area contributed by atoms with Crippen LogP contribution in [0.25, 0.3) is 0 Å². The molecule has 0 atom stereocenters. The number of hydrogen-bond acceptors (Lipinski definition) is 5. The summed E-state index contributed by atoms with van der Waals surface area (Å²) in [5.74, 6) is 0. The van der Waals surface area contributed by atoms with Crippen LogP contribution in [0, 0.1) is 0 Å². The van der Waals surface area contributed by atoms with Gasteiger partial charge in [0, 0.05) is 0 Å². The summed E-state index contributed by atoms with van der Waals surface area (Å²) in [5.41, 5.74) is 0. The Morgan fingerprint density at radius 2 is 1.67 bits per heavy atom. The van der Waals surface area contributed by atoms with Crippen molar-refractivity contribution in [3.63, 3.8) is 0 Å². The molecule has 0 bridgehead atoms. The summed E-state index contributed by atoms with van der Waals surface area (Å²) in [4.78, 5) is 0. The van der Waals surface area contributed by atoms with E-state index in [1.165, 1.54) is 0 Å². The molecule has 0 aromatic rings. The van der Waals surface area contributed by atoms with Crippen LogP contribution in [0.4, 0.5) is 0 Å². The fourth-order valence-electron chi connectivity index (χ4n) is 0.0731. The molecule has 0 radical (unpaired) electrons. The molecule has 1 saturated heterocycles. The van der Waals surface area contributed by atoms with Crippen molar-refractivity contribution in [3.8, 4) is 0 Å². The Morgan fingerprint density at radius 1 is 1.33 bits per heavy atom. The minimum absolute atomic E-state index is 0.512. The van der Waals surface area contributed by atoms with Crippen LogP contribution in [0.3, 0.4) is 0 Å². The first-order chi connectivity index (χ1) is 2.71. The summed E-state index contributed by atoms with van der Waals surface area (Å²) >= 11 is -4.06. The van der Waals surface area contributed by atoms with Gasteiger partial charge in [-0.1, -0.05) is 0 Å². The molecule has 0 aliphatic carbocycles. The van der Waals surface area contributed by atoms with Crippen LogP contribution < -0.4 is 0 Å². The standard InChI is InChI=1S/H2O2S.2O.W/c1-3-2;;;/h1-2H;;;/q;;;+2/p-2. The van der Waals surface area contributed by atoms with Gasteiger partial charge in [-0.3, -0.25) is 0 Å². The van der Waals surface area contributed by atoms with Gasteiger partial charge in [0.2, 0.25) is 0 Å². The molecule has 1 rings (SSSR count). The van der Waals surface area contributed by atoms with E-state index in [0.717, 1.165) is 0 Å². The van der Waals surface area contributed by atoms with Crippen LogP contribution in [0.5, 0.6) is 0 Å². The monoisotopic (exact) mass is 280 g/mol. The molecule has 0 aromatic heterocycles. The quantitative estimate of drug-likeness (QED) is 0.596. The first-order valence-corrected chi connectivity index (χ1v) is 6.46. The SMILES string of the molecule is [O]=[W]1(=[O])[O]S[O]1.